The second-order valence-electron chi connectivity index (χ2n) is 14.4. The lowest BCUT2D eigenvalue weighted by Crippen LogP contribution is -2.45. The first-order valence-corrected chi connectivity index (χ1v) is 19.2. The van der Waals surface area contributed by atoms with Crippen LogP contribution in [0.4, 0.5) is 5.95 Å². The van der Waals surface area contributed by atoms with Crippen LogP contribution in [0.1, 0.15) is 22.8 Å². The largest absolute Gasteiger partial charge is 0.490 e. The van der Waals surface area contributed by atoms with E-state index in [-0.39, 0.29) is 5.54 Å². The van der Waals surface area contributed by atoms with Crippen LogP contribution in [0.5, 0.6) is 11.5 Å². The van der Waals surface area contributed by atoms with E-state index in [1.54, 1.807) is 0 Å². The number of ether oxygens (including phenoxy) is 4. The van der Waals surface area contributed by atoms with Gasteiger partial charge in [-0.1, -0.05) is 36.4 Å². The van der Waals surface area contributed by atoms with Gasteiger partial charge in [0.1, 0.15) is 76.3 Å². The Morgan fingerprint density at radius 3 is 1.80 bits per heavy atom. The monoisotopic (exact) mass is 798 g/mol. The summed E-state index contributed by atoms with van der Waals surface area (Å²) in [5.41, 5.74) is 6.54. The Bertz CT molecular complexity index is 2610. The highest BCUT2D eigenvalue weighted by atomic mass is 79.9. The summed E-state index contributed by atoms with van der Waals surface area (Å²) >= 11 is 3.46. The lowest BCUT2D eigenvalue weighted by atomic mass is 9.91. The van der Waals surface area contributed by atoms with Crippen molar-refractivity contribution in [1.82, 2.24) is 44.4 Å². The molecule has 15 heteroatoms. The van der Waals surface area contributed by atoms with Gasteiger partial charge < -0.3 is 29.2 Å². The van der Waals surface area contributed by atoms with E-state index < -0.39 is 5.54 Å². The van der Waals surface area contributed by atoms with Crippen LogP contribution in [0, 0.1) is 0 Å². The highest BCUT2D eigenvalue weighted by Crippen LogP contribution is 2.45. The fourth-order valence-corrected chi connectivity index (χ4v) is 8.88. The molecule has 55 heavy (non-hydrogen) atoms. The predicted molar refractivity (Wildman–Crippen MR) is 206 cm³/mol. The lowest BCUT2D eigenvalue weighted by molar-refractivity contribution is 0.0134. The summed E-state index contributed by atoms with van der Waals surface area (Å²) in [6, 6.07) is 24.2. The highest BCUT2D eigenvalue weighted by molar-refractivity contribution is 9.10. The molecule has 5 aromatic heterocycles. The van der Waals surface area contributed by atoms with Crippen molar-refractivity contribution in [3.05, 3.63) is 113 Å². The lowest BCUT2D eigenvalue weighted by Gasteiger charge is -2.34. The zero-order valence-electron chi connectivity index (χ0n) is 29.7. The van der Waals surface area contributed by atoms with Gasteiger partial charge in [0.2, 0.25) is 5.95 Å². The Hall–Kier alpha value is -5.48. The minimum Gasteiger partial charge on any atom is -0.490 e. The molecule has 10 heterocycles. The van der Waals surface area contributed by atoms with Gasteiger partial charge in [-0.15, -0.1) is 0 Å². The van der Waals surface area contributed by atoms with Crippen LogP contribution in [-0.2, 0) is 33.8 Å². The average Bonchev–Trinajstić information content (AvgIpc) is 4.01. The van der Waals surface area contributed by atoms with Gasteiger partial charge in [-0.25, -0.2) is 29.9 Å². The first-order valence-electron chi connectivity index (χ1n) is 18.4. The van der Waals surface area contributed by atoms with E-state index in [1.807, 2.05) is 73.1 Å². The molecule has 2 spiro atoms. The molecule has 7 aromatic rings. The van der Waals surface area contributed by atoms with Crippen molar-refractivity contribution in [3.8, 4) is 22.8 Å². The number of benzene rings is 2. The minimum absolute atomic E-state index is 0.382. The van der Waals surface area contributed by atoms with E-state index >= 15 is 0 Å². The zero-order chi connectivity index (χ0) is 36.6. The SMILES string of the molecule is Brc1ccc2nc3n(c2n1)C1(COC3)COc2ccccc21.c1ccc2c(c1)OCC21COCc2nc3ccc(-c4cnc(N5CCNCC5)nc4)nc3n21. The van der Waals surface area contributed by atoms with Crippen LogP contribution >= 0.6 is 15.9 Å². The predicted octanol–water partition coefficient (Wildman–Crippen LogP) is 4.82. The maximum Gasteiger partial charge on any atom is 0.225 e. The van der Waals surface area contributed by atoms with E-state index in [4.69, 9.17) is 28.9 Å². The van der Waals surface area contributed by atoms with Crippen LogP contribution in [0.15, 0.2) is 89.8 Å². The number of nitrogens with one attached hydrogen (secondary N) is 1. The molecule has 2 unspecified atom stereocenters. The minimum atomic E-state index is -0.465. The molecule has 5 aliphatic rings. The van der Waals surface area contributed by atoms with E-state index in [0.717, 1.165) is 105 Å². The molecule has 0 saturated carbocycles. The summed E-state index contributed by atoms with van der Waals surface area (Å²) in [7, 11) is 0. The van der Waals surface area contributed by atoms with Gasteiger partial charge in [-0.2, -0.15) is 0 Å². The Labute approximate surface area is 323 Å². The standard InChI is InChI=1S/C24H23N7O2.C16H12BrN3O2/c1-2-4-20-17(3-1)24(15-33-20)14-32-13-21-28-19-6-5-18(29-22(19)31(21)24)16-11-26-23(27-12-16)30-9-7-25-8-10-30;17-13-6-5-11-15(19-13)20-14(18-11)7-21-8-16(20)9-22-12-4-2-1-3-10(12)16/h1-6,11-12,25H,7-10,13-15H2;1-6H,7-9H2. The summed E-state index contributed by atoms with van der Waals surface area (Å²) in [5, 5.41) is 3.35. The van der Waals surface area contributed by atoms with Crippen LogP contribution in [-0.4, -0.2) is 91.6 Å². The van der Waals surface area contributed by atoms with Crippen LogP contribution in [0.3, 0.4) is 0 Å². The molecule has 0 radical (unpaired) electrons. The molecule has 5 aliphatic heterocycles. The zero-order valence-corrected chi connectivity index (χ0v) is 31.3. The van der Waals surface area contributed by atoms with Crippen molar-refractivity contribution in [1.29, 1.82) is 0 Å². The molecule has 0 amide bonds. The number of imidazole rings is 2. The molecule has 1 N–H and O–H groups in total. The quantitative estimate of drug-likeness (QED) is 0.240. The summed E-state index contributed by atoms with van der Waals surface area (Å²) in [6.07, 6.45) is 3.72. The Kier molecular flexibility index (Phi) is 7.66. The van der Waals surface area contributed by atoms with E-state index in [9.17, 15) is 0 Å². The Morgan fingerprint density at radius 1 is 0.618 bits per heavy atom. The fraction of sp³-hybridized carbons (Fsp3) is 0.300. The number of pyridine rings is 2. The number of hydrogen-bond donors (Lipinski definition) is 1. The Morgan fingerprint density at radius 2 is 1.18 bits per heavy atom. The molecule has 1 saturated heterocycles. The van der Waals surface area contributed by atoms with Gasteiger partial charge in [-0.05, 0) is 52.3 Å². The van der Waals surface area contributed by atoms with Gasteiger partial charge >= 0.3 is 0 Å². The van der Waals surface area contributed by atoms with Crippen LogP contribution in [0.25, 0.3) is 33.6 Å². The van der Waals surface area contributed by atoms with Crippen molar-refractivity contribution >= 4 is 44.2 Å². The highest BCUT2D eigenvalue weighted by Gasteiger charge is 2.48. The van der Waals surface area contributed by atoms with E-state index in [1.165, 1.54) is 0 Å². The number of rotatable bonds is 2. The topological polar surface area (TPSA) is 139 Å². The number of para-hydroxylation sites is 2. The van der Waals surface area contributed by atoms with Crippen molar-refractivity contribution in [2.45, 2.75) is 24.3 Å². The van der Waals surface area contributed by atoms with E-state index in [0.29, 0.717) is 39.6 Å². The average molecular weight is 800 g/mol. The molecule has 1 fully saturated rings. The van der Waals surface area contributed by atoms with Gasteiger partial charge in [0, 0.05) is 55.3 Å². The third-order valence-corrected chi connectivity index (χ3v) is 11.6. The summed E-state index contributed by atoms with van der Waals surface area (Å²) < 4.78 is 29.0. The first kappa shape index (κ1) is 32.9. The maximum atomic E-state index is 6.07. The molecule has 12 rings (SSSR count). The first-order chi connectivity index (χ1) is 27.1. The smallest absolute Gasteiger partial charge is 0.225 e. The van der Waals surface area contributed by atoms with Gasteiger partial charge in [0.05, 0.1) is 18.9 Å². The number of anilines is 1. The molecule has 2 atom stereocenters. The van der Waals surface area contributed by atoms with E-state index in [2.05, 4.69) is 67.3 Å². The summed E-state index contributed by atoms with van der Waals surface area (Å²) in [5.74, 6) is 4.33. The van der Waals surface area contributed by atoms with Crippen molar-refractivity contribution in [2.75, 3.05) is 57.5 Å². The molecule has 276 valence electrons. The molecule has 14 nitrogen and oxygen atoms in total. The third kappa shape index (κ3) is 5.17. The van der Waals surface area contributed by atoms with Gasteiger partial charge in [0.25, 0.3) is 0 Å². The van der Waals surface area contributed by atoms with Crippen molar-refractivity contribution < 1.29 is 18.9 Å². The molecular formula is C40H35BrN10O4. The molecule has 0 aliphatic carbocycles. The second kappa shape index (κ2) is 12.8. The normalized spacial score (nSPS) is 22.1. The Balaban J connectivity index is 0.000000139. The molecular weight excluding hydrogens is 764 g/mol. The molecule has 2 aromatic carbocycles. The number of nitrogens with zero attached hydrogens (tertiary/aromatic N) is 9. The number of halogens is 1. The third-order valence-electron chi connectivity index (χ3n) is 11.2. The maximum absolute atomic E-state index is 6.07. The number of hydrogen-bond acceptors (Lipinski definition) is 12. The van der Waals surface area contributed by atoms with Gasteiger partial charge in [0.15, 0.2) is 11.3 Å². The fourth-order valence-electron chi connectivity index (χ4n) is 8.58. The van der Waals surface area contributed by atoms with Crippen molar-refractivity contribution in [3.63, 3.8) is 0 Å². The van der Waals surface area contributed by atoms with Crippen LogP contribution < -0.4 is 19.7 Å². The van der Waals surface area contributed by atoms with Crippen LogP contribution in [0.2, 0.25) is 0 Å². The summed E-state index contributed by atoms with van der Waals surface area (Å²) in [6.45, 7) is 6.82. The van der Waals surface area contributed by atoms with Gasteiger partial charge in [-0.3, -0.25) is 9.13 Å². The van der Waals surface area contributed by atoms with Crippen molar-refractivity contribution in [2.24, 2.45) is 0 Å². The number of piperazine rings is 1. The number of aromatic nitrogens is 8. The second-order valence-corrected chi connectivity index (χ2v) is 15.2. The molecule has 0 bridgehead atoms. The number of fused-ring (bicyclic) bond motifs is 12. The summed E-state index contributed by atoms with van der Waals surface area (Å²) in [4.78, 5) is 30.6.